The molecule has 0 amide bonds. The first kappa shape index (κ1) is 12.2. The first-order valence-electron chi connectivity index (χ1n) is 6.18. The monoisotopic (exact) mass is 242 g/mol. The van der Waals surface area contributed by atoms with Crippen LogP contribution in [0.25, 0.3) is 0 Å². The van der Waals surface area contributed by atoms with Gasteiger partial charge in [-0.15, -0.1) is 0 Å². The van der Waals surface area contributed by atoms with Gasteiger partial charge < -0.3 is 10.1 Å². The van der Waals surface area contributed by atoms with Crippen LogP contribution in [0.1, 0.15) is 32.6 Å². The van der Waals surface area contributed by atoms with Gasteiger partial charge in [-0.1, -0.05) is 31.5 Å². The summed E-state index contributed by atoms with van der Waals surface area (Å²) < 4.78 is 5.12. The van der Waals surface area contributed by atoms with Crippen LogP contribution in [-0.2, 0) is 4.74 Å². The predicted molar refractivity (Wildman–Crippen MR) is 70.1 cm³/mol. The van der Waals surface area contributed by atoms with Gasteiger partial charge in [0, 0.05) is 24.9 Å². The van der Waals surface area contributed by atoms with Crippen molar-refractivity contribution in [2.75, 3.05) is 26.0 Å². The number of rotatable bonds is 4. The van der Waals surface area contributed by atoms with E-state index in [1.807, 2.05) is 11.8 Å². The number of hydrogen-bond donors (Lipinski definition) is 1. The van der Waals surface area contributed by atoms with E-state index in [0.29, 0.717) is 11.5 Å². The van der Waals surface area contributed by atoms with Gasteiger partial charge in [-0.3, -0.25) is 4.99 Å². The normalized spacial score (nSPS) is 27.5. The Kier molecular flexibility index (Phi) is 4.14. The van der Waals surface area contributed by atoms with Gasteiger partial charge in [0.05, 0.1) is 6.61 Å². The van der Waals surface area contributed by atoms with Gasteiger partial charge in [-0.05, 0) is 18.8 Å². The molecule has 1 heterocycles. The number of methoxy groups -OCH3 is 1. The summed E-state index contributed by atoms with van der Waals surface area (Å²) in [5.41, 5.74) is 0.397. The zero-order valence-corrected chi connectivity index (χ0v) is 11.1. The quantitative estimate of drug-likeness (QED) is 0.821. The first-order chi connectivity index (χ1) is 7.74. The van der Waals surface area contributed by atoms with Gasteiger partial charge in [-0.2, -0.15) is 0 Å². The fourth-order valence-corrected chi connectivity index (χ4v) is 3.72. The van der Waals surface area contributed by atoms with Crippen LogP contribution >= 0.6 is 11.8 Å². The summed E-state index contributed by atoms with van der Waals surface area (Å²) in [6.45, 7) is 3.85. The molecule has 3 nitrogen and oxygen atoms in total. The highest BCUT2D eigenvalue weighted by molar-refractivity contribution is 8.14. The van der Waals surface area contributed by atoms with E-state index in [0.717, 1.165) is 18.3 Å². The molecule has 0 bridgehead atoms. The Balaban J connectivity index is 1.81. The summed E-state index contributed by atoms with van der Waals surface area (Å²) in [5.74, 6) is 1.73. The molecule has 1 saturated heterocycles. The molecule has 2 rings (SSSR count). The maximum Gasteiger partial charge on any atom is 0.157 e. The molecule has 0 aromatic rings. The molecule has 16 heavy (non-hydrogen) atoms. The fraction of sp³-hybridized carbons (Fsp3) is 0.917. The van der Waals surface area contributed by atoms with Gasteiger partial charge in [0.1, 0.15) is 0 Å². The van der Waals surface area contributed by atoms with Gasteiger partial charge in [-0.25, -0.2) is 0 Å². The largest absolute Gasteiger partial charge is 0.384 e. The molecule has 1 unspecified atom stereocenters. The van der Waals surface area contributed by atoms with E-state index in [4.69, 9.17) is 4.74 Å². The van der Waals surface area contributed by atoms with Gasteiger partial charge in [0.15, 0.2) is 5.17 Å². The summed E-state index contributed by atoms with van der Waals surface area (Å²) in [5, 5.41) is 4.79. The Hall–Kier alpha value is -0.220. The number of aliphatic imine (C=N–C) groups is 1. The Bertz CT molecular complexity index is 262. The third kappa shape index (κ3) is 2.92. The molecule has 1 atom stereocenters. The molecule has 0 radical (unpaired) electrons. The average Bonchev–Trinajstić information content (AvgIpc) is 2.88. The Morgan fingerprint density at radius 3 is 2.94 bits per heavy atom. The lowest BCUT2D eigenvalue weighted by Gasteiger charge is -2.21. The van der Waals surface area contributed by atoms with Crippen LogP contribution in [0, 0.1) is 5.92 Å². The van der Waals surface area contributed by atoms with Crippen LogP contribution < -0.4 is 5.32 Å². The molecule has 2 fully saturated rings. The van der Waals surface area contributed by atoms with Crippen LogP contribution in [0.15, 0.2) is 4.99 Å². The zero-order valence-electron chi connectivity index (χ0n) is 10.3. The van der Waals surface area contributed by atoms with E-state index >= 15 is 0 Å². The van der Waals surface area contributed by atoms with Crippen LogP contribution in [0.4, 0.5) is 0 Å². The minimum atomic E-state index is 0.397. The molecule has 0 aromatic heterocycles. The molecule has 1 spiro atoms. The molecule has 2 aliphatic rings. The molecule has 1 saturated carbocycles. The standard InChI is InChI=1S/C12H22N2OS/c1-10(8-15-2)7-13-11-14-12(9-16-11)5-3-4-6-12/h10H,3-9H2,1-2H3,(H,13,14). The Morgan fingerprint density at radius 2 is 2.25 bits per heavy atom. The number of amidine groups is 1. The second-order valence-electron chi connectivity index (χ2n) is 5.11. The van der Waals surface area contributed by atoms with Gasteiger partial charge in [0.2, 0.25) is 0 Å². The summed E-state index contributed by atoms with van der Waals surface area (Å²) >= 11 is 1.90. The summed E-state index contributed by atoms with van der Waals surface area (Å²) in [6, 6.07) is 0. The number of thioether (sulfide) groups is 1. The first-order valence-corrected chi connectivity index (χ1v) is 7.17. The summed E-state index contributed by atoms with van der Waals surface area (Å²) in [6.07, 6.45) is 5.40. The van der Waals surface area contributed by atoms with Crippen molar-refractivity contribution in [3.63, 3.8) is 0 Å². The van der Waals surface area contributed by atoms with Crippen molar-refractivity contribution in [2.45, 2.75) is 38.1 Å². The van der Waals surface area contributed by atoms with Crippen LogP contribution in [0.3, 0.4) is 0 Å². The number of ether oxygens (including phenoxy) is 1. The molecule has 0 aromatic carbocycles. The van der Waals surface area contributed by atoms with Crippen molar-refractivity contribution in [2.24, 2.45) is 10.9 Å². The minimum absolute atomic E-state index is 0.397. The maximum atomic E-state index is 5.12. The number of nitrogens with one attached hydrogen (secondary N) is 1. The van der Waals surface area contributed by atoms with Crippen molar-refractivity contribution in [3.05, 3.63) is 0 Å². The molecular formula is C12H22N2OS. The molecule has 1 aliphatic carbocycles. The highest BCUT2D eigenvalue weighted by atomic mass is 32.2. The Labute approximate surface area is 102 Å². The highest BCUT2D eigenvalue weighted by Gasteiger charge is 2.39. The Morgan fingerprint density at radius 1 is 1.50 bits per heavy atom. The topological polar surface area (TPSA) is 33.6 Å². The highest BCUT2D eigenvalue weighted by Crippen LogP contribution is 2.37. The summed E-state index contributed by atoms with van der Waals surface area (Å²) in [4.78, 5) is 4.65. The van der Waals surface area contributed by atoms with E-state index < -0.39 is 0 Å². The number of nitrogens with zero attached hydrogens (tertiary/aromatic N) is 1. The molecule has 4 heteroatoms. The van der Waals surface area contributed by atoms with Crippen LogP contribution in [0.5, 0.6) is 0 Å². The van der Waals surface area contributed by atoms with Crippen molar-refractivity contribution in [1.82, 2.24) is 5.32 Å². The van der Waals surface area contributed by atoms with Crippen LogP contribution in [-0.4, -0.2) is 36.7 Å². The maximum absolute atomic E-state index is 5.12. The van der Waals surface area contributed by atoms with Crippen LogP contribution in [0.2, 0.25) is 0 Å². The zero-order chi connectivity index (χ0) is 11.4. The van der Waals surface area contributed by atoms with Gasteiger partial charge in [0.25, 0.3) is 0 Å². The van der Waals surface area contributed by atoms with E-state index in [2.05, 4.69) is 17.2 Å². The molecule has 1 N–H and O–H groups in total. The molecular weight excluding hydrogens is 220 g/mol. The minimum Gasteiger partial charge on any atom is -0.384 e. The van der Waals surface area contributed by atoms with Crippen molar-refractivity contribution in [1.29, 1.82) is 0 Å². The fourth-order valence-electron chi connectivity index (χ4n) is 2.49. The third-order valence-corrected chi connectivity index (χ3v) is 4.62. The lowest BCUT2D eigenvalue weighted by molar-refractivity contribution is 0.163. The predicted octanol–water partition coefficient (Wildman–Crippen LogP) is 2.27. The number of hydrogen-bond acceptors (Lipinski definition) is 3. The van der Waals surface area contributed by atoms with Crippen molar-refractivity contribution >= 4 is 16.9 Å². The smallest absolute Gasteiger partial charge is 0.157 e. The summed E-state index contributed by atoms with van der Waals surface area (Å²) in [7, 11) is 1.75. The van der Waals surface area contributed by atoms with Crippen molar-refractivity contribution in [3.8, 4) is 0 Å². The van der Waals surface area contributed by atoms with E-state index in [-0.39, 0.29) is 0 Å². The molecule has 92 valence electrons. The van der Waals surface area contributed by atoms with Gasteiger partial charge >= 0.3 is 0 Å². The van der Waals surface area contributed by atoms with E-state index in [9.17, 15) is 0 Å². The van der Waals surface area contributed by atoms with E-state index in [1.54, 1.807) is 7.11 Å². The lowest BCUT2D eigenvalue weighted by atomic mass is 10.0. The van der Waals surface area contributed by atoms with Crippen molar-refractivity contribution < 1.29 is 4.74 Å². The second-order valence-corrected chi connectivity index (χ2v) is 6.07. The SMILES string of the molecule is COCC(C)CN=C1NC2(CCCC2)CS1. The molecule has 1 aliphatic heterocycles. The average molecular weight is 242 g/mol. The van der Waals surface area contributed by atoms with E-state index in [1.165, 1.54) is 31.4 Å². The second kappa shape index (κ2) is 5.41. The third-order valence-electron chi connectivity index (χ3n) is 3.42. The lowest BCUT2D eigenvalue weighted by Crippen LogP contribution is -2.40.